The normalized spacial score (nSPS) is 10.7. The molecule has 0 atom stereocenters. The number of aryl methyl sites for hydroxylation is 4. The van der Waals surface area contributed by atoms with Crippen molar-refractivity contribution in [2.75, 3.05) is 0 Å². The number of hydrogen-bond acceptors (Lipinski definition) is 3. The van der Waals surface area contributed by atoms with Crippen LogP contribution in [0.1, 0.15) is 76.9 Å². The highest BCUT2D eigenvalue weighted by Gasteiger charge is 2.03. The first-order chi connectivity index (χ1) is 13.7. The van der Waals surface area contributed by atoms with Gasteiger partial charge < -0.3 is 14.4 Å². The summed E-state index contributed by atoms with van der Waals surface area (Å²) < 4.78 is 23.1. The van der Waals surface area contributed by atoms with E-state index in [0.717, 1.165) is 13.1 Å². The van der Waals surface area contributed by atoms with Crippen molar-refractivity contribution in [1.29, 1.82) is 0 Å². The summed E-state index contributed by atoms with van der Waals surface area (Å²) in [5.41, 5.74) is 0. The molecule has 0 aliphatic carbocycles. The molecule has 0 unspecified atom stereocenters. The smallest absolute Gasteiger partial charge is 0.251 e. The van der Waals surface area contributed by atoms with E-state index in [2.05, 4.69) is 59.2 Å². The number of aromatic nitrogens is 4. The number of aromatic amines is 2. The van der Waals surface area contributed by atoms with Gasteiger partial charge in [-0.1, -0.05) is 39.5 Å². The number of nitrogens with zero attached hydrogens (tertiary/aromatic N) is 2. The van der Waals surface area contributed by atoms with Crippen molar-refractivity contribution < 1.29 is 27.7 Å². The summed E-state index contributed by atoms with van der Waals surface area (Å²) in [7, 11) is -5.64. The van der Waals surface area contributed by atoms with Crippen LogP contribution in [0.15, 0.2) is 24.8 Å². The first-order valence-corrected chi connectivity index (χ1v) is 11.9. The lowest BCUT2D eigenvalue weighted by Gasteiger charge is -2.15. The molecule has 2 aromatic rings. The fourth-order valence-corrected chi connectivity index (χ4v) is 2.79. The Labute approximate surface area is 174 Å². The number of nitrogens with one attached hydrogen (secondary N) is 2. The number of halogens is 1. The van der Waals surface area contributed by atoms with Gasteiger partial charge in [-0.2, -0.15) is 0 Å². The van der Waals surface area contributed by atoms with Gasteiger partial charge in [0.25, 0.3) is 11.6 Å². The minimum atomic E-state index is -5.64. The van der Waals surface area contributed by atoms with Crippen LogP contribution in [-0.4, -0.2) is 9.97 Å². The highest BCUT2D eigenvalue weighted by atomic mass is 31.2. The lowest BCUT2D eigenvalue weighted by molar-refractivity contribution is -0.702. The molecule has 0 saturated heterocycles. The standard InChI is InChI=1S/2C10H18N2.FH2O3P/c2*1-3-4-5-6-8-12-9-7-11-10(12)2;1-5(2,3)4/h2*7,9H,3-6,8H2,1-2H3;(H2,2,3,4). The largest absolute Gasteiger partial charge is 0.786 e. The monoisotopic (exact) mass is 432 g/mol. The van der Waals surface area contributed by atoms with Crippen LogP contribution in [0.4, 0.5) is 4.20 Å². The van der Waals surface area contributed by atoms with Crippen LogP contribution in [0.3, 0.4) is 0 Å². The highest BCUT2D eigenvalue weighted by molar-refractivity contribution is 7.42. The van der Waals surface area contributed by atoms with E-state index in [0.29, 0.717) is 0 Å². The molecule has 2 rings (SSSR count). The van der Waals surface area contributed by atoms with Gasteiger partial charge in [0.2, 0.25) is 0 Å². The van der Waals surface area contributed by atoms with Gasteiger partial charge >= 0.3 is 0 Å². The Morgan fingerprint density at radius 2 is 1.17 bits per heavy atom. The number of rotatable bonds is 10. The molecule has 0 aromatic carbocycles. The zero-order valence-corrected chi connectivity index (χ0v) is 19.2. The van der Waals surface area contributed by atoms with Crippen LogP contribution in [0.25, 0.3) is 0 Å². The molecule has 0 fully saturated rings. The molecule has 29 heavy (non-hydrogen) atoms. The van der Waals surface area contributed by atoms with Gasteiger partial charge in [0.1, 0.15) is 32.7 Å². The van der Waals surface area contributed by atoms with E-state index in [9.17, 15) is 4.20 Å². The third kappa shape index (κ3) is 17.1. The lowest BCUT2D eigenvalue weighted by Crippen LogP contribution is -2.34. The van der Waals surface area contributed by atoms with E-state index in [1.165, 1.54) is 63.0 Å². The number of H-pyrrole nitrogens is 2. The second-order valence-electron chi connectivity index (χ2n) is 7.03. The summed E-state index contributed by atoms with van der Waals surface area (Å²) in [5.74, 6) is 2.51. The maximum atomic E-state index is 10.1. The van der Waals surface area contributed by atoms with E-state index >= 15 is 0 Å². The first-order valence-electron chi connectivity index (χ1n) is 10.5. The Balaban J connectivity index is 0.000000442. The molecule has 0 aliphatic heterocycles. The summed E-state index contributed by atoms with van der Waals surface area (Å²) in [5, 5.41) is 0. The average Bonchev–Trinajstić information content (AvgIpc) is 3.23. The third-order valence-electron chi connectivity index (χ3n) is 4.46. The Morgan fingerprint density at radius 3 is 1.41 bits per heavy atom. The van der Waals surface area contributed by atoms with Gasteiger partial charge in [-0.15, -0.1) is 0 Å². The van der Waals surface area contributed by atoms with Gasteiger partial charge in [0, 0.05) is 13.8 Å². The molecule has 168 valence electrons. The number of unbranched alkanes of at least 4 members (excludes halogenated alkanes) is 6. The molecule has 0 amide bonds. The van der Waals surface area contributed by atoms with Crippen molar-refractivity contribution in [3.05, 3.63) is 36.4 Å². The predicted molar refractivity (Wildman–Crippen MR) is 108 cm³/mol. The predicted octanol–water partition coefficient (Wildman–Crippen LogP) is 3.17. The Morgan fingerprint density at radius 1 is 0.828 bits per heavy atom. The molecular weight excluding hydrogens is 394 g/mol. The molecule has 2 heterocycles. The van der Waals surface area contributed by atoms with Crippen molar-refractivity contribution in [3.63, 3.8) is 0 Å². The molecule has 0 bridgehead atoms. The molecule has 0 radical (unpaired) electrons. The fourth-order valence-electron chi connectivity index (χ4n) is 2.79. The third-order valence-corrected chi connectivity index (χ3v) is 4.46. The highest BCUT2D eigenvalue weighted by Crippen LogP contribution is 2.22. The zero-order valence-electron chi connectivity index (χ0n) is 18.3. The first kappa shape index (κ1) is 27.5. The van der Waals surface area contributed by atoms with Crippen LogP contribution < -0.4 is 18.9 Å². The van der Waals surface area contributed by atoms with Crippen molar-refractivity contribution in [2.24, 2.45) is 0 Å². The maximum Gasteiger partial charge on any atom is 0.251 e. The van der Waals surface area contributed by atoms with Gasteiger partial charge in [-0.05, 0) is 25.7 Å². The lowest BCUT2D eigenvalue weighted by atomic mass is 10.2. The molecule has 2 N–H and O–H groups in total. The molecule has 9 heteroatoms. The van der Waals surface area contributed by atoms with Gasteiger partial charge in [-0.25, -0.2) is 23.3 Å². The molecule has 2 aromatic heterocycles. The van der Waals surface area contributed by atoms with Gasteiger partial charge in [-0.3, -0.25) is 0 Å². The van der Waals surface area contributed by atoms with E-state index in [1.54, 1.807) is 0 Å². The number of hydrogen-bond donors (Lipinski definition) is 2. The topological polar surface area (TPSA) is 103 Å². The van der Waals surface area contributed by atoms with Crippen molar-refractivity contribution in [2.45, 2.75) is 92.2 Å². The molecule has 0 spiro atoms. The zero-order chi connectivity index (χ0) is 22.1. The summed E-state index contributed by atoms with van der Waals surface area (Å²) in [6.45, 7) is 11.0. The van der Waals surface area contributed by atoms with Crippen LogP contribution in [0, 0.1) is 13.8 Å². The van der Waals surface area contributed by atoms with E-state index < -0.39 is 7.91 Å². The maximum absolute atomic E-state index is 10.1. The van der Waals surface area contributed by atoms with Crippen molar-refractivity contribution in [1.82, 2.24) is 9.97 Å². The van der Waals surface area contributed by atoms with E-state index in [1.807, 2.05) is 12.4 Å². The minimum absolute atomic E-state index is 1.16. The van der Waals surface area contributed by atoms with E-state index in [4.69, 9.17) is 14.4 Å². The number of imidazole rings is 2. The molecule has 0 aliphatic rings. The summed E-state index contributed by atoms with van der Waals surface area (Å²) in [4.78, 5) is 23.2. The van der Waals surface area contributed by atoms with Crippen LogP contribution >= 0.6 is 7.91 Å². The summed E-state index contributed by atoms with van der Waals surface area (Å²) in [6.07, 6.45) is 18.9. The molecule has 0 saturated carbocycles. The van der Waals surface area contributed by atoms with Gasteiger partial charge in [0.15, 0.2) is 0 Å². The average molecular weight is 433 g/mol. The Hall–Kier alpha value is -1.50. The van der Waals surface area contributed by atoms with Crippen molar-refractivity contribution in [3.8, 4) is 0 Å². The Bertz CT molecular complexity index is 628. The van der Waals surface area contributed by atoms with Crippen LogP contribution in [0.5, 0.6) is 0 Å². The van der Waals surface area contributed by atoms with Gasteiger partial charge in [0.05, 0.1) is 13.1 Å². The Kier molecular flexibility index (Phi) is 15.5. The summed E-state index contributed by atoms with van der Waals surface area (Å²) >= 11 is 0. The fraction of sp³-hybridized carbons (Fsp3) is 0.700. The van der Waals surface area contributed by atoms with Crippen molar-refractivity contribution >= 4 is 7.91 Å². The molecule has 7 nitrogen and oxygen atoms in total. The summed E-state index contributed by atoms with van der Waals surface area (Å²) in [6, 6.07) is 0. The van der Waals surface area contributed by atoms with Crippen LogP contribution in [-0.2, 0) is 17.7 Å². The second-order valence-corrected chi connectivity index (χ2v) is 7.89. The second kappa shape index (κ2) is 16.3. The SMILES string of the molecule is CCCCCC[n+]1cc[nH]c1C.CCCCCC[n+]1cc[nH]c1C.O=P([O-])([O-])F. The minimum Gasteiger partial charge on any atom is -0.786 e. The van der Waals surface area contributed by atoms with Crippen LogP contribution in [0.2, 0.25) is 0 Å². The van der Waals surface area contributed by atoms with E-state index in [-0.39, 0.29) is 0 Å². The quantitative estimate of drug-likeness (QED) is 0.342. The molecular formula is C20H38FN4O3P.